The molecular formula is C32H22F12N4O2. The Kier molecular flexibility index (Phi) is 10.6. The van der Waals surface area contributed by atoms with E-state index >= 15 is 0 Å². The number of rotatable bonds is 9. The van der Waals surface area contributed by atoms with Crippen molar-refractivity contribution >= 4 is 22.8 Å². The van der Waals surface area contributed by atoms with Gasteiger partial charge in [-0.05, 0) is 84.9 Å². The molecule has 6 nitrogen and oxygen atoms in total. The van der Waals surface area contributed by atoms with Crippen molar-refractivity contribution in [3.63, 3.8) is 0 Å². The molecule has 50 heavy (non-hydrogen) atoms. The van der Waals surface area contributed by atoms with Gasteiger partial charge in [-0.15, -0.1) is 0 Å². The zero-order chi connectivity index (χ0) is 37.1. The quantitative estimate of drug-likeness (QED) is 0.103. The van der Waals surface area contributed by atoms with Gasteiger partial charge in [-0.1, -0.05) is 0 Å². The van der Waals surface area contributed by atoms with Crippen LogP contribution in [0.5, 0.6) is 11.5 Å². The van der Waals surface area contributed by atoms with E-state index in [1.54, 1.807) is 0 Å². The van der Waals surface area contributed by atoms with E-state index in [1.165, 1.54) is 62.8 Å². The van der Waals surface area contributed by atoms with Gasteiger partial charge in [0.2, 0.25) is 0 Å². The molecule has 0 fully saturated rings. The zero-order valence-corrected chi connectivity index (χ0v) is 25.3. The molecule has 0 aliphatic carbocycles. The standard InChI is InChI=1S/C32H22F12N4O2/c1-49-25-7-3-17(4-8-25)27(47-45-23-13-19(29(33,34)35)11-20(14-23)30(36,37)38)28(18-5-9-26(50-2)10-6-18)48-46-24-15-21(31(39,40)41)12-22(16-24)32(42,43)44/h3-16,45-46H,1-2H3/b47-27-,48-28-. The van der Waals surface area contributed by atoms with Crippen LogP contribution in [-0.2, 0) is 24.7 Å². The van der Waals surface area contributed by atoms with Crippen LogP contribution in [0.2, 0.25) is 0 Å². The molecule has 0 aliphatic heterocycles. The smallest absolute Gasteiger partial charge is 0.416 e. The van der Waals surface area contributed by atoms with Crippen molar-refractivity contribution in [2.75, 3.05) is 25.1 Å². The number of ether oxygens (including phenoxy) is 2. The van der Waals surface area contributed by atoms with E-state index in [0.717, 1.165) is 0 Å². The lowest BCUT2D eigenvalue weighted by Gasteiger charge is -2.16. The second-order valence-corrected chi connectivity index (χ2v) is 10.2. The number of hydrogen-bond donors (Lipinski definition) is 2. The highest BCUT2D eigenvalue weighted by atomic mass is 19.4. The number of nitrogens with zero attached hydrogens (tertiary/aromatic N) is 2. The summed E-state index contributed by atoms with van der Waals surface area (Å²) in [6.45, 7) is 0. The molecule has 0 atom stereocenters. The summed E-state index contributed by atoms with van der Waals surface area (Å²) >= 11 is 0. The first-order chi connectivity index (χ1) is 23.2. The van der Waals surface area contributed by atoms with Crippen LogP contribution in [0.1, 0.15) is 33.4 Å². The Morgan fingerprint density at radius 2 is 0.700 bits per heavy atom. The van der Waals surface area contributed by atoms with Gasteiger partial charge in [-0.25, -0.2) is 0 Å². The van der Waals surface area contributed by atoms with Crippen molar-refractivity contribution in [2.24, 2.45) is 10.2 Å². The lowest BCUT2D eigenvalue weighted by molar-refractivity contribution is -0.144. The number of hydrogen-bond acceptors (Lipinski definition) is 6. The van der Waals surface area contributed by atoms with E-state index in [-0.39, 0.29) is 34.7 Å². The van der Waals surface area contributed by atoms with Gasteiger partial charge < -0.3 is 9.47 Å². The number of benzene rings is 4. The molecule has 0 unspecified atom stereocenters. The van der Waals surface area contributed by atoms with Crippen molar-refractivity contribution in [1.29, 1.82) is 0 Å². The molecule has 4 rings (SSSR count). The third-order valence-corrected chi connectivity index (χ3v) is 6.72. The molecule has 18 heteroatoms. The molecular weight excluding hydrogens is 700 g/mol. The summed E-state index contributed by atoms with van der Waals surface area (Å²) in [4.78, 5) is 0. The number of halogens is 12. The highest BCUT2D eigenvalue weighted by Crippen LogP contribution is 2.39. The van der Waals surface area contributed by atoms with Crippen molar-refractivity contribution in [1.82, 2.24) is 0 Å². The van der Waals surface area contributed by atoms with Crippen molar-refractivity contribution in [2.45, 2.75) is 24.7 Å². The van der Waals surface area contributed by atoms with Gasteiger partial charge in [0.15, 0.2) is 0 Å². The number of methoxy groups -OCH3 is 2. The van der Waals surface area contributed by atoms with Crippen LogP contribution in [0.25, 0.3) is 0 Å². The summed E-state index contributed by atoms with van der Waals surface area (Å²) in [5.74, 6) is 0.608. The summed E-state index contributed by atoms with van der Waals surface area (Å²) in [6, 6.07) is 12.3. The van der Waals surface area contributed by atoms with Gasteiger partial charge >= 0.3 is 24.7 Å². The fraction of sp³-hybridized carbons (Fsp3) is 0.188. The second kappa shape index (κ2) is 14.2. The van der Waals surface area contributed by atoms with Gasteiger partial charge in [0.1, 0.15) is 22.9 Å². The third-order valence-electron chi connectivity index (χ3n) is 6.72. The Bertz CT molecular complexity index is 1660. The maximum Gasteiger partial charge on any atom is 0.416 e. The fourth-order valence-corrected chi connectivity index (χ4v) is 4.29. The maximum atomic E-state index is 13.5. The van der Waals surface area contributed by atoms with E-state index < -0.39 is 58.3 Å². The Balaban J connectivity index is 1.95. The molecule has 4 aromatic rings. The number of nitrogens with one attached hydrogen (secondary N) is 2. The van der Waals surface area contributed by atoms with Crippen LogP contribution in [0.3, 0.4) is 0 Å². The fourth-order valence-electron chi connectivity index (χ4n) is 4.29. The first-order valence-electron chi connectivity index (χ1n) is 13.7. The van der Waals surface area contributed by atoms with E-state index in [9.17, 15) is 52.7 Å². The molecule has 0 aliphatic rings. The SMILES string of the molecule is COc1ccc(C(=N/Nc2cc(C(F)(F)F)cc(C(F)(F)F)c2)/C(=N\Nc2cc(C(F)(F)F)cc(C(F)(F)F)c2)c2ccc(OC)cc2)cc1. The predicted octanol–water partition coefficient (Wildman–Crippen LogP) is 10.1. The molecule has 0 saturated carbocycles. The number of alkyl halides is 12. The van der Waals surface area contributed by atoms with Crippen LogP contribution in [0.4, 0.5) is 64.1 Å². The molecule has 2 N–H and O–H groups in total. The molecule has 0 bridgehead atoms. The average Bonchev–Trinajstić information content (AvgIpc) is 3.04. The largest absolute Gasteiger partial charge is 0.497 e. The minimum Gasteiger partial charge on any atom is -0.497 e. The molecule has 266 valence electrons. The minimum absolute atomic E-state index is 0.0812. The summed E-state index contributed by atoms with van der Waals surface area (Å²) in [5.41, 5.74) is -4.38. The first-order valence-corrected chi connectivity index (χ1v) is 13.7. The molecule has 0 amide bonds. The normalized spacial score (nSPS) is 13.2. The van der Waals surface area contributed by atoms with Crippen LogP contribution < -0.4 is 20.3 Å². The van der Waals surface area contributed by atoms with Gasteiger partial charge in [0, 0.05) is 11.1 Å². The Morgan fingerprint density at radius 1 is 0.440 bits per heavy atom. The van der Waals surface area contributed by atoms with Crippen molar-refractivity contribution in [3.8, 4) is 11.5 Å². The highest BCUT2D eigenvalue weighted by molar-refractivity contribution is 6.53. The lowest BCUT2D eigenvalue weighted by atomic mass is 9.99. The van der Waals surface area contributed by atoms with E-state index in [0.29, 0.717) is 35.8 Å². The Hall–Kier alpha value is -5.42. The van der Waals surface area contributed by atoms with Crippen molar-refractivity contribution < 1.29 is 62.2 Å². The molecule has 0 saturated heterocycles. The predicted molar refractivity (Wildman–Crippen MR) is 159 cm³/mol. The maximum absolute atomic E-state index is 13.5. The monoisotopic (exact) mass is 722 g/mol. The molecule has 0 radical (unpaired) electrons. The van der Waals surface area contributed by atoms with Crippen LogP contribution in [0, 0.1) is 0 Å². The lowest BCUT2D eigenvalue weighted by Crippen LogP contribution is -2.21. The van der Waals surface area contributed by atoms with Gasteiger partial charge in [-0.3, -0.25) is 10.9 Å². The topological polar surface area (TPSA) is 67.2 Å². The third kappa shape index (κ3) is 9.38. The van der Waals surface area contributed by atoms with Crippen LogP contribution >= 0.6 is 0 Å². The molecule has 0 heterocycles. The average molecular weight is 723 g/mol. The van der Waals surface area contributed by atoms with Gasteiger partial charge in [0.05, 0.1) is 47.8 Å². The second-order valence-electron chi connectivity index (χ2n) is 10.2. The number of anilines is 2. The van der Waals surface area contributed by atoms with E-state index in [2.05, 4.69) is 21.1 Å². The first kappa shape index (κ1) is 37.4. The van der Waals surface area contributed by atoms with Gasteiger partial charge in [0.25, 0.3) is 0 Å². The highest BCUT2D eigenvalue weighted by Gasteiger charge is 2.38. The molecule has 0 spiro atoms. The van der Waals surface area contributed by atoms with Gasteiger partial charge in [-0.2, -0.15) is 62.9 Å². The van der Waals surface area contributed by atoms with Crippen molar-refractivity contribution in [3.05, 3.63) is 118 Å². The summed E-state index contributed by atoms with van der Waals surface area (Å²) in [7, 11) is 2.66. The van der Waals surface area contributed by atoms with E-state index in [4.69, 9.17) is 9.47 Å². The Labute approximate surface area is 275 Å². The van der Waals surface area contributed by atoms with Crippen LogP contribution in [0.15, 0.2) is 95.1 Å². The minimum atomic E-state index is -5.19. The molecule has 0 aromatic heterocycles. The zero-order valence-electron chi connectivity index (χ0n) is 25.3. The summed E-state index contributed by atoms with van der Waals surface area (Å²) in [5, 5.41) is 8.08. The summed E-state index contributed by atoms with van der Waals surface area (Å²) < 4.78 is 173. The number of hydrazone groups is 2. The van der Waals surface area contributed by atoms with Crippen LogP contribution in [-0.4, -0.2) is 25.6 Å². The summed E-state index contributed by atoms with van der Waals surface area (Å²) in [6.07, 6.45) is -20.8. The Morgan fingerprint density at radius 3 is 0.920 bits per heavy atom. The molecule has 4 aromatic carbocycles. The van der Waals surface area contributed by atoms with E-state index in [1.807, 2.05) is 0 Å².